The summed E-state index contributed by atoms with van der Waals surface area (Å²) in [6.45, 7) is 5.46. The maximum absolute atomic E-state index is 11.3. The van der Waals surface area contributed by atoms with Crippen LogP contribution in [0.4, 0.5) is 0 Å². The van der Waals surface area contributed by atoms with E-state index in [1.165, 1.54) is 0 Å². The molecular formula is C9H13NO3. The SMILES string of the molecule is CCOC(=O)C1=C(C)NC(=O)[C@@H]1C. The van der Waals surface area contributed by atoms with Crippen LogP contribution >= 0.6 is 0 Å². The average molecular weight is 183 g/mol. The minimum absolute atomic E-state index is 0.138. The molecule has 1 atom stereocenters. The second-order valence-corrected chi connectivity index (χ2v) is 2.97. The maximum atomic E-state index is 11.3. The van der Waals surface area contributed by atoms with Crippen molar-refractivity contribution in [1.29, 1.82) is 0 Å². The fourth-order valence-electron chi connectivity index (χ4n) is 1.35. The predicted molar refractivity (Wildman–Crippen MR) is 46.6 cm³/mol. The lowest BCUT2D eigenvalue weighted by Crippen LogP contribution is -2.20. The Hall–Kier alpha value is -1.32. The molecule has 4 heteroatoms. The van der Waals surface area contributed by atoms with Crippen molar-refractivity contribution >= 4 is 11.9 Å². The molecule has 72 valence electrons. The third kappa shape index (κ3) is 1.71. The van der Waals surface area contributed by atoms with Gasteiger partial charge < -0.3 is 10.1 Å². The molecule has 1 rings (SSSR count). The minimum atomic E-state index is -0.397. The van der Waals surface area contributed by atoms with Crippen molar-refractivity contribution in [2.75, 3.05) is 6.61 Å². The summed E-state index contributed by atoms with van der Waals surface area (Å²) in [6, 6.07) is 0. The van der Waals surface area contributed by atoms with Crippen molar-refractivity contribution in [2.45, 2.75) is 20.8 Å². The number of esters is 1. The van der Waals surface area contributed by atoms with E-state index in [9.17, 15) is 9.59 Å². The Kier molecular flexibility index (Phi) is 2.70. The predicted octanol–water partition coefficient (Wildman–Crippen LogP) is 0.589. The molecule has 0 aromatic carbocycles. The number of nitrogens with one attached hydrogen (secondary N) is 1. The van der Waals surface area contributed by atoms with Gasteiger partial charge in [0.15, 0.2) is 0 Å². The molecule has 1 aliphatic heterocycles. The van der Waals surface area contributed by atoms with Gasteiger partial charge in [-0.15, -0.1) is 0 Å². The Labute approximate surface area is 76.9 Å². The van der Waals surface area contributed by atoms with Crippen molar-refractivity contribution in [1.82, 2.24) is 5.32 Å². The van der Waals surface area contributed by atoms with Crippen LogP contribution in [-0.4, -0.2) is 18.5 Å². The van der Waals surface area contributed by atoms with Gasteiger partial charge in [-0.2, -0.15) is 0 Å². The number of hydrogen-bond acceptors (Lipinski definition) is 3. The van der Waals surface area contributed by atoms with Crippen LogP contribution in [0.2, 0.25) is 0 Å². The summed E-state index contributed by atoms with van der Waals surface area (Å²) in [7, 11) is 0. The quantitative estimate of drug-likeness (QED) is 0.637. The number of hydrogen-bond donors (Lipinski definition) is 1. The molecule has 4 nitrogen and oxygen atoms in total. The third-order valence-electron chi connectivity index (χ3n) is 2.04. The highest BCUT2D eigenvalue weighted by Gasteiger charge is 2.32. The van der Waals surface area contributed by atoms with Crippen molar-refractivity contribution < 1.29 is 14.3 Å². The van der Waals surface area contributed by atoms with E-state index in [0.29, 0.717) is 17.9 Å². The van der Waals surface area contributed by atoms with Gasteiger partial charge in [0.25, 0.3) is 0 Å². The van der Waals surface area contributed by atoms with Gasteiger partial charge in [-0.3, -0.25) is 4.79 Å². The molecule has 0 unspecified atom stereocenters. The molecule has 0 radical (unpaired) electrons. The molecule has 1 amide bonds. The number of allylic oxidation sites excluding steroid dienone is 1. The van der Waals surface area contributed by atoms with Gasteiger partial charge in [-0.1, -0.05) is 0 Å². The Morgan fingerprint density at radius 1 is 1.62 bits per heavy atom. The first-order chi connectivity index (χ1) is 6.07. The summed E-state index contributed by atoms with van der Waals surface area (Å²) < 4.78 is 4.83. The summed E-state index contributed by atoms with van der Waals surface area (Å²) in [5, 5.41) is 2.60. The topological polar surface area (TPSA) is 55.4 Å². The van der Waals surface area contributed by atoms with Crippen LogP contribution < -0.4 is 5.32 Å². The molecule has 0 aliphatic carbocycles. The van der Waals surface area contributed by atoms with E-state index in [0.717, 1.165) is 0 Å². The molecule has 0 aromatic heterocycles. The summed E-state index contributed by atoms with van der Waals surface area (Å²) in [6.07, 6.45) is 0. The summed E-state index contributed by atoms with van der Waals surface area (Å²) in [4.78, 5) is 22.5. The van der Waals surface area contributed by atoms with Gasteiger partial charge in [-0.25, -0.2) is 4.79 Å². The van der Waals surface area contributed by atoms with Crippen molar-refractivity contribution in [3.05, 3.63) is 11.3 Å². The zero-order valence-corrected chi connectivity index (χ0v) is 8.01. The Morgan fingerprint density at radius 3 is 2.62 bits per heavy atom. The summed E-state index contributed by atoms with van der Waals surface area (Å²) >= 11 is 0. The monoisotopic (exact) mass is 183 g/mol. The highest BCUT2D eigenvalue weighted by atomic mass is 16.5. The van der Waals surface area contributed by atoms with Gasteiger partial charge >= 0.3 is 5.97 Å². The van der Waals surface area contributed by atoms with E-state index >= 15 is 0 Å². The van der Waals surface area contributed by atoms with E-state index in [1.807, 2.05) is 0 Å². The highest BCUT2D eigenvalue weighted by molar-refractivity contribution is 6.01. The van der Waals surface area contributed by atoms with Crippen LogP contribution in [0, 0.1) is 5.92 Å². The van der Waals surface area contributed by atoms with Crippen LogP contribution in [-0.2, 0) is 14.3 Å². The molecule has 0 fully saturated rings. The Morgan fingerprint density at radius 2 is 2.23 bits per heavy atom. The lowest BCUT2D eigenvalue weighted by molar-refractivity contribution is -0.139. The van der Waals surface area contributed by atoms with E-state index < -0.39 is 5.97 Å². The molecule has 0 bridgehead atoms. The van der Waals surface area contributed by atoms with Crippen molar-refractivity contribution in [3.63, 3.8) is 0 Å². The fourth-order valence-corrected chi connectivity index (χ4v) is 1.35. The third-order valence-corrected chi connectivity index (χ3v) is 2.04. The second kappa shape index (κ2) is 3.60. The first kappa shape index (κ1) is 9.77. The van der Waals surface area contributed by atoms with Gasteiger partial charge in [-0.05, 0) is 20.8 Å². The molecule has 1 N–H and O–H groups in total. The first-order valence-electron chi connectivity index (χ1n) is 4.26. The van der Waals surface area contributed by atoms with Gasteiger partial charge in [0.05, 0.1) is 18.1 Å². The number of ether oxygens (including phenoxy) is 1. The first-order valence-corrected chi connectivity index (χ1v) is 4.26. The van der Waals surface area contributed by atoms with E-state index in [1.54, 1.807) is 20.8 Å². The molecule has 0 aromatic rings. The van der Waals surface area contributed by atoms with Crippen LogP contribution in [0.5, 0.6) is 0 Å². The largest absolute Gasteiger partial charge is 0.463 e. The fraction of sp³-hybridized carbons (Fsp3) is 0.556. The van der Waals surface area contributed by atoms with Crippen LogP contribution in [0.1, 0.15) is 20.8 Å². The number of rotatable bonds is 2. The molecule has 0 saturated heterocycles. The van der Waals surface area contributed by atoms with E-state index in [4.69, 9.17) is 4.74 Å². The van der Waals surface area contributed by atoms with Crippen molar-refractivity contribution in [3.8, 4) is 0 Å². The Bertz CT molecular complexity index is 281. The lowest BCUT2D eigenvalue weighted by atomic mass is 10.0. The lowest BCUT2D eigenvalue weighted by Gasteiger charge is -2.05. The zero-order chi connectivity index (χ0) is 10.0. The Balaban J connectivity index is 2.84. The summed E-state index contributed by atoms with van der Waals surface area (Å²) in [5.41, 5.74) is 1.06. The van der Waals surface area contributed by atoms with Crippen LogP contribution in [0.25, 0.3) is 0 Å². The standard InChI is InChI=1S/C9H13NO3/c1-4-13-9(12)7-5(2)8(11)10-6(7)3/h5H,4H2,1-3H3,(H,10,11)/t5-/m1/s1. The normalized spacial score (nSPS) is 21.8. The number of carbonyl (C=O) groups is 2. The molecule has 13 heavy (non-hydrogen) atoms. The summed E-state index contributed by atoms with van der Waals surface area (Å²) in [5.74, 6) is -0.926. The van der Waals surface area contributed by atoms with Gasteiger partial charge in [0.1, 0.15) is 0 Å². The molecular weight excluding hydrogens is 170 g/mol. The number of amides is 1. The smallest absolute Gasteiger partial charge is 0.336 e. The highest BCUT2D eigenvalue weighted by Crippen LogP contribution is 2.22. The van der Waals surface area contributed by atoms with Crippen molar-refractivity contribution in [2.24, 2.45) is 5.92 Å². The molecule has 1 aliphatic rings. The van der Waals surface area contributed by atoms with Gasteiger partial charge in [0.2, 0.25) is 5.91 Å². The molecule has 0 spiro atoms. The van der Waals surface area contributed by atoms with Crippen LogP contribution in [0.15, 0.2) is 11.3 Å². The average Bonchev–Trinajstić information content (AvgIpc) is 2.27. The van der Waals surface area contributed by atoms with Gasteiger partial charge in [0, 0.05) is 5.70 Å². The van der Waals surface area contributed by atoms with E-state index in [2.05, 4.69) is 5.32 Å². The zero-order valence-electron chi connectivity index (χ0n) is 8.01. The minimum Gasteiger partial charge on any atom is -0.463 e. The van der Waals surface area contributed by atoms with E-state index in [-0.39, 0.29) is 11.8 Å². The maximum Gasteiger partial charge on any atom is 0.336 e. The number of carbonyl (C=O) groups excluding carboxylic acids is 2. The van der Waals surface area contributed by atoms with Crippen LogP contribution in [0.3, 0.4) is 0 Å². The second-order valence-electron chi connectivity index (χ2n) is 2.97. The molecule has 1 heterocycles. The molecule has 0 saturated carbocycles.